The Labute approximate surface area is 98.2 Å². The number of hydrogen-bond acceptors (Lipinski definition) is 3. The van der Waals surface area contributed by atoms with E-state index < -0.39 is 17.3 Å². The maximum Gasteiger partial charge on any atom is 0.328 e. The van der Waals surface area contributed by atoms with E-state index >= 15 is 0 Å². The number of benzene rings is 1. The Morgan fingerprint density at radius 1 is 1.59 bits per heavy atom. The quantitative estimate of drug-likeness (QED) is 0.687. The van der Waals surface area contributed by atoms with Gasteiger partial charge in [-0.1, -0.05) is 6.07 Å². The van der Waals surface area contributed by atoms with Crippen LogP contribution in [0.3, 0.4) is 0 Å². The Bertz CT molecular complexity index is 455. The van der Waals surface area contributed by atoms with Gasteiger partial charge >= 0.3 is 5.97 Å². The Morgan fingerprint density at radius 3 is 2.76 bits per heavy atom. The van der Waals surface area contributed by atoms with Crippen molar-refractivity contribution >= 4 is 12.0 Å². The molecule has 4 N–H and O–H groups in total. The summed E-state index contributed by atoms with van der Waals surface area (Å²) in [6, 6.07) is 3.82. The van der Waals surface area contributed by atoms with Crippen LogP contribution in [0.15, 0.2) is 24.3 Å². The molecule has 1 aromatic carbocycles. The van der Waals surface area contributed by atoms with Crippen LogP contribution < -0.4 is 5.73 Å². The number of aliphatic hydroxyl groups is 1. The fourth-order valence-corrected chi connectivity index (χ4v) is 1.41. The van der Waals surface area contributed by atoms with Crippen LogP contribution in [0.4, 0.5) is 4.39 Å². The van der Waals surface area contributed by atoms with Crippen LogP contribution in [0.2, 0.25) is 0 Å². The van der Waals surface area contributed by atoms with Crippen LogP contribution in [0.25, 0.3) is 6.08 Å². The first kappa shape index (κ1) is 13.3. The zero-order valence-corrected chi connectivity index (χ0v) is 9.35. The smallest absolute Gasteiger partial charge is 0.328 e. The third-order valence-corrected chi connectivity index (χ3v) is 2.36. The molecule has 0 unspecified atom stereocenters. The van der Waals surface area contributed by atoms with Crippen molar-refractivity contribution in [3.05, 3.63) is 41.2 Å². The van der Waals surface area contributed by atoms with Gasteiger partial charge in [0.15, 0.2) is 0 Å². The predicted molar refractivity (Wildman–Crippen MR) is 61.7 cm³/mol. The standard InChI is InChI=1S/C12H14FNO3/c1-12(14,7-15)10-6-9(13)4-2-8(10)3-5-11(16)17/h2-6,15H,7,14H2,1H3,(H,16,17)/b5-3+/t12-/m1/s1. The third kappa shape index (κ3) is 3.37. The summed E-state index contributed by atoms with van der Waals surface area (Å²) >= 11 is 0. The second kappa shape index (κ2) is 5.07. The van der Waals surface area contributed by atoms with Crippen molar-refractivity contribution < 1.29 is 19.4 Å². The Hall–Kier alpha value is -1.72. The molecule has 0 aliphatic rings. The number of carbonyl (C=O) groups is 1. The van der Waals surface area contributed by atoms with Crippen molar-refractivity contribution in [2.24, 2.45) is 5.73 Å². The van der Waals surface area contributed by atoms with Gasteiger partial charge < -0.3 is 15.9 Å². The van der Waals surface area contributed by atoms with Crippen molar-refractivity contribution in [2.75, 3.05) is 6.61 Å². The van der Waals surface area contributed by atoms with Crippen LogP contribution >= 0.6 is 0 Å². The van der Waals surface area contributed by atoms with E-state index in [2.05, 4.69) is 0 Å². The monoisotopic (exact) mass is 239 g/mol. The minimum absolute atomic E-state index is 0.359. The van der Waals surface area contributed by atoms with Gasteiger partial charge in [-0.15, -0.1) is 0 Å². The molecule has 5 heteroatoms. The summed E-state index contributed by atoms with van der Waals surface area (Å²) < 4.78 is 13.1. The van der Waals surface area contributed by atoms with E-state index in [0.29, 0.717) is 11.1 Å². The highest BCUT2D eigenvalue weighted by atomic mass is 19.1. The summed E-state index contributed by atoms with van der Waals surface area (Å²) in [5.74, 6) is -1.60. The number of aliphatic hydroxyl groups excluding tert-OH is 1. The fraction of sp³-hybridized carbons (Fsp3) is 0.250. The van der Waals surface area contributed by atoms with Crippen LogP contribution in [0.5, 0.6) is 0 Å². The highest BCUT2D eigenvalue weighted by Crippen LogP contribution is 2.23. The molecule has 0 amide bonds. The molecule has 0 aliphatic heterocycles. The predicted octanol–water partition coefficient (Wildman–Crippen LogP) is 1.09. The summed E-state index contributed by atoms with van der Waals surface area (Å²) in [6.07, 6.45) is 2.25. The summed E-state index contributed by atoms with van der Waals surface area (Å²) in [5, 5.41) is 17.7. The van der Waals surface area contributed by atoms with Crippen LogP contribution in [-0.2, 0) is 10.3 Å². The minimum atomic E-state index is -1.12. The van der Waals surface area contributed by atoms with Gasteiger partial charge in [0, 0.05) is 6.08 Å². The Morgan fingerprint density at radius 2 is 2.24 bits per heavy atom. The van der Waals surface area contributed by atoms with Crippen molar-refractivity contribution in [1.82, 2.24) is 0 Å². The van der Waals surface area contributed by atoms with Gasteiger partial charge in [-0.2, -0.15) is 0 Å². The second-order valence-electron chi connectivity index (χ2n) is 3.98. The number of carboxylic acids is 1. The van der Waals surface area contributed by atoms with E-state index in [0.717, 1.165) is 6.08 Å². The summed E-state index contributed by atoms with van der Waals surface area (Å²) in [6.45, 7) is 1.17. The molecule has 0 saturated heterocycles. The average Bonchev–Trinajstić information content (AvgIpc) is 2.27. The first-order valence-electron chi connectivity index (χ1n) is 4.97. The molecule has 0 aliphatic carbocycles. The van der Waals surface area contributed by atoms with Crippen LogP contribution in [0, 0.1) is 5.82 Å². The molecule has 0 spiro atoms. The molecule has 1 atom stereocenters. The van der Waals surface area contributed by atoms with Gasteiger partial charge in [0.05, 0.1) is 12.1 Å². The van der Waals surface area contributed by atoms with Gasteiger partial charge in [-0.05, 0) is 36.3 Å². The highest BCUT2D eigenvalue weighted by Gasteiger charge is 2.23. The molecule has 0 radical (unpaired) electrons. The lowest BCUT2D eigenvalue weighted by molar-refractivity contribution is -0.131. The SMILES string of the molecule is C[C@@](N)(CO)c1cc(F)ccc1/C=C/C(=O)O. The molecule has 4 nitrogen and oxygen atoms in total. The van der Waals surface area contributed by atoms with Gasteiger partial charge in [0.1, 0.15) is 5.82 Å². The molecule has 0 fully saturated rings. The number of carboxylic acid groups (broad SMARTS) is 1. The number of aliphatic carboxylic acids is 1. The topological polar surface area (TPSA) is 83.5 Å². The van der Waals surface area contributed by atoms with Gasteiger partial charge in [0.2, 0.25) is 0 Å². The summed E-state index contributed by atoms with van der Waals surface area (Å²) in [4.78, 5) is 10.4. The molecule has 0 heterocycles. The van der Waals surface area contributed by atoms with E-state index in [-0.39, 0.29) is 6.61 Å². The normalized spacial score (nSPS) is 14.8. The molecule has 0 saturated carbocycles. The first-order valence-corrected chi connectivity index (χ1v) is 4.97. The Balaban J connectivity index is 3.26. The van der Waals surface area contributed by atoms with E-state index in [1.54, 1.807) is 6.92 Å². The van der Waals surface area contributed by atoms with Crippen LogP contribution in [-0.4, -0.2) is 22.8 Å². The number of hydrogen-bond donors (Lipinski definition) is 3. The van der Waals surface area contributed by atoms with Gasteiger partial charge in [0.25, 0.3) is 0 Å². The molecule has 17 heavy (non-hydrogen) atoms. The van der Waals surface area contributed by atoms with Gasteiger partial charge in [-0.25, -0.2) is 9.18 Å². The first-order chi connectivity index (χ1) is 7.86. The van der Waals surface area contributed by atoms with E-state index in [4.69, 9.17) is 15.9 Å². The highest BCUT2D eigenvalue weighted by molar-refractivity contribution is 5.85. The lowest BCUT2D eigenvalue weighted by Crippen LogP contribution is -2.37. The molecule has 92 valence electrons. The zero-order valence-electron chi connectivity index (χ0n) is 9.35. The van der Waals surface area contributed by atoms with E-state index in [1.807, 2.05) is 0 Å². The molecule has 1 rings (SSSR count). The third-order valence-electron chi connectivity index (χ3n) is 2.36. The Kier molecular flexibility index (Phi) is 3.98. The zero-order chi connectivity index (χ0) is 13.1. The summed E-state index contributed by atoms with van der Waals surface area (Å²) in [7, 11) is 0. The van der Waals surface area contributed by atoms with Crippen molar-refractivity contribution in [3.63, 3.8) is 0 Å². The molecule has 0 aromatic heterocycles. The number of nitrogens with two attached hydrogens (primary N) is 1. The van der Waals surface area contributed by atoms with E-state index in [9.17, 15) is 9.18 Å². The lowest BCUT2D eigenvalue weighted by atomic mass is 9.89. The summed E-state index contributed by atoms with van der Waals surface area (Å²) in [5.41, 5.74) is 5.52. The average molecular weight is 239 g/mol. The van der Waals surface area contributed by atoms with E-state index in [1.165, 1.54) is 24.3 Å². The molecule has 0 bridgehead atoms. The largest absolute Gasteiger partial charge is 0.478 e. The second-order valence-corrected chi connectivity index (χ2v) is 3.98. The number of halogens is 1. The maximum atomic E-state index is 13.1. The van der Waals surface area contributed by atoms with Gasteiger partial charge in [-0.3, -0.25) is 0 Å². The van der Waals surface area contributed by atoms with Crippen LogP contribution in [0.1, 0.15) is 18.1 Å². The molecular weight excluding hydrogens is 225 g/mol. The minimum Gasteiger partial charge on any atom is -0.478 e. The molecule has 1 aromatic rings. The lowest BCUT2D eigenvalue weighted by Gasteiger charge is -2.24. The van der Waals surface area contributed by atoms with Crippen molar-refractivity contribution in [3.8, 4) is 0 Å². The fourth-order valence-electron chi connectivity index (χ4n) is 1.41. The molecular formula is C12H14FNO3. The number of rotatable bonds is 4. The van der Waals surface area contributed by atoms with Crippen molar-refractivity contribution in [1.29, 1.82) is 0 Å². The maximum absolute atomic E-state index is 13.1. The van der Waals surface area contributed by atoms with Crippen molar-refractivity contribution in [2.45, 2.75) is 12.5 Å².